The van der Waals surface area contributed by atoms with E-state index in [2.05, 4.69) is 37.3 Å². The summed E-state index contributed by atoms with van der Waals surface area (Å²) in [6.45, 7) is 1.92. The highest BCUT2D eigenvalue weighted by molar-refractivity contribution is 7.90. The molecule has 3 heterocycles. The number of aromatic nitrogens is 4. The molecule has 0 fully saturated rings. The summed E-state index contributed by atoms with van der Waals surface area (Å²) in [6.07, 6.45) is 4.62. The fourth-order valence-electron chi connectivity index (χ4n) is 2.77. The fourth-order valence-corrected chi connectivity index (χ4v) is 3.40. The highest BCUT2D eigenvalue weighted by atomic mass is 32.2. The number of hydrogen-bond donors (Lipinski definition) is 2. The number of aromatic amines is 1. The Labute approximate surface area is 168 Å². The topological polar surface area (TPSA) is 101 Å². The van der Waals surface area contributed by atoms with Crippen molar-refractivity contribution in [2.24, 2.45) is 0 Å². The van der Waals surface area contributed by atoms with E-state index in [0.717, 1.165) is 22.2 Å². The first-order valence-corrected chi connectivity index (χ1v) is 10.6. The number of rotatable bonds is 3. The molecular formula is C21H17N5O2S. The number of hydrogen-bond acceptors (Lipinski definition) is 6. The minimum Gasteiger partial charge on any atom is -0.340 e. The summed E-state index contributed by atoms with van der Waals surface area (Å²) in [7, 11) is -3.23. The summed E-state index contributed by atoms with van der Waals surface area (Å²) in [6, 6.07) is 12.1. The maximum atomic E-state index is 11.6. The molecule has 7 nitrogen and oxygen atoms in total. The second kappa shape index (κ2) is 7.37. The molecule has 0 spiro atoms. The average Bonchev–Trinajstić information content (AvgIpc) is 3.11. The van der Waals surface area contributed by atoms with Crippen molar-refractivity contribution >= 4 is 32.1 Å². The van der Waals surface area contributed by atoms with Crippen LogP contribution in [0.1, 0.15) is 17.1 Å². The van der Waals surface area contributed by atoms with Gasteiger partial charge in [-0.3, -0.25) is 5.10 Å². The number of fused-ring (bicyclic) bond motifs is 1. The molecule has 4 rings (SSSR count). The smallest absolute Gasteiger partial charge is 0.175 e. The molecule has 0 saturated heterocycles. The number of anilines is 2. The Balaban J connectivity index is 1.66. The maximum absolute atomic E-state index is 11.6. The van der Waals surface area contributed by atoms with Crippen LogP contribution in [0.25, 0.3) is 10.8 Å². The third kappa shape index (κ3) is 4.25. The Bertz CT molecular complexity index is 1360. The normalized spacial score (nSPS) is 11.1. The molecule has 2 N–H and O–H groups in total. The van der Waals surface area contributed by atoms with Gasteiger partial charge in [0.25, 0.3) is 0 Å². The van der Waals surface area contributed by atoms with Crippen molar-refractivity contribution in [2.45, 2.75) is 11.8 Å². The van der Waals surface area contributed by atoms with Crippen molar-refractivity contribution in [1.82, 2.24) is 20.2 Å². The maximum Gasteiger partial charge on any atom is 0.175 e. The van der Waals surface area contributed by atoms with Gasteiger partial charge in [-0.15, -0.1) is 0 Å². The zero-order valence-electron chi connectivity index (χ0n) is 15.8. The molecule has 0 amide bonds. The molecule has 3 aromatic heterocycles. The summed E-state index contributed by atoms with van der Waals surface area (Å²) >= 11 is 0. The second-order valence-corrected chi connectivity index (χ2v) is 8.57. The summed E-state index contributed by atoms with van der Waals surface area (Å²) < 4.78 is 23.2. The highest BCUT2D eigenvalue weighted by Crippen LogP contribution is 2.22. The molecule has 0 bridgehead atoms. The Kier molecular flexibility index (Phi) is 4.74. The molecule has 144 valence electrons. The van der Waals surface area contributed by atoms with Crippen LogP contribution in [0.15, 0.2) is 59.8 Å². The van der Waals surface area contributed by atoms with Crippen LogP contribution < -0.4 is 5.32 Å². The first-order valence-electron chi connectivity index (χ1n) is 8.74. The van der Waals surface area contributed by atoms with Crippen molar-refractivity contribution in [3.8, 4) is 11.8 Å². The van der Waals surface area contributed by atoms with E-state index in [0.29, 0.717) is 17.2 Å². The predicted molar refractivity (Wildman–Crippen MR) is 112 cm³/mol. The van der Waals surface area contributed by atoms with Gasteiger partial charge in [0, 0.05) is 40.8 Å². The molecule has 29 heavy (non-hydrogen) atoms. The largest absolute Gasteiger partial charge is 0.340 e. The van der Waals surface area contributed by atoms with E-state index in [1.54, 1.807) is 36.7 Å². The van der Waals surface area contributed by atoms with Crippen molar-refractivity contribution in [1.29, 1.82) is 0 Å². The zero-order valence-corrected chi connectivity index (χ0v) is 16.6. The van der Waals surface area contributed by atoms with Crippen LogP contribution in [-0.4, -0.2) is 34.8 Å². The van der Waals surface area contributed by atoms with Crippen LogP contribution in [-0.2, 0) is 9.84 Å². The van der Waals surface area contributed by atoms with Crippen LogP contribution >= 0.6 is 0 Å². The first kappa shape index (κ1) is 18.7. The molecule has 0 aliphatic carbocycles. The highest BCUT2D eigenvalue weighted by Gasteiger charge is 2.07. The standard InChI is InChI=1S/C21H17N5O2S/c1-14-11-17(26-25-14)5-8-20-19-12-21(23-13-15(19)9-10-22-20)24-16-3-6-18(7-4-16)29(2,27)28/h3-4,6-7,9-13H,1-2H3,(H,23,24)(H,25,26). The van der Waals surface area contributed by atoms with Crippen LogP contribution in [0.5, 0.6) is 0 Å². The van der Waals surface area contributed by atoms with Gasteiger partial charge >= 0.3 is 0 Å². The van der Waals surface area contributed by atoms with E-state index in [9.17, 15) is 8.42 Å². The number of nitrogens with zero attached hydrogens (tertiary/aromatic N) is 3. The van der Waals surface area contributed by atoms with Crippen LogP contribution in [0.4, 0.5) is 11.5 Å². The lowest BCUT2D eigenvalue weighted by Gasteiger charge is -2.08. The van der Waals surface area contributed by atoms with E-state index in [1.165, 1.54) is 6.26 Å². The number of aryl methyl sites for hydroxylation is 1. The molecule has 0 radical (unpaired) electrons. The lowest BCUT2D eigenvalue weighted by molar-refractivity contribution is 0.602. The van der Waals surface area contributed by atoms with Crippen molar-refractivity contribution in [2.75, 3.05) is 11.6 Å². The number of H-pyrrole nitrogens is 1. The first-order chi connectivity index (χ1) is 13.9. The Morgan fingerprint density at radius 3 is 2.52 bits per heavy atom. The summed E-state index contributed by atoms with van der Waals surface area (Å²) in [5.74, 6) is 6.69. The minimum absolute atomic E-state index is 0.268. The Morgan fingerprint density at radius 1 is 1.03 bits per heavy atom. The quantitative estimate of drug-likeness (QED) is 0.510. The molecule has 4 aromatic rings. The summed E-state index contributed by atoms with van der Waals surface area (Å²) in [5.41, 5.74) is 2.95. The molecule has 0 aliphatic heterocycles. The second-order valence-electron chi connectivity index (χ2n) is 6.56. The third-order valence-electron chi connectivity index (χ3n) is 4.22. The van der Waals surface area contributed by atoms with E-state index in [1.807, 2.05) is 25.1 Å². The van der Waals surface area contributed by atoms with E-state index in [4.69, 9.17) is 0 Å². The monoisotopic (exact) mass is 403 g/mol. The summed E-state index contributed by atoms with van der Waals surface area (Å²) in [5, 5.41) is 11.9. The van der Waals surface area contributed by atoms with Gasteiger partial charge in [0.05, 0.1) is 4.90 Å². The zero-order chi connectivity index (χ0) is 20.4. The Hall–Kier alpha value is -3.70. The molecule has 1 aromatic carbocycles. The van der Waals surface area contributed by atoms with E-state index >= 15 is 0 Å². The number of benzene rings is 1. The lowest BCUT2D eigenvalue weighted by atomic mass is 10.1. The molecule has 0 atom stereocenters. The Morgan fingerprint density at radius 2 is 1.83 bits per heavy atom. The van der Waals surface area contributed by atoms with Gasteiger partial charge in [0.15, 0.2) is 9.84 Å². The molecule has 0 unspecified atom stereocenters. The number of nitrogens with one attached hydrogen (secondary N) is 2. The van der Waals surface area contributed by atoms with Crippen LogP contribution in [0.2, 0.25) is 0 Å². The molecule has 8 heteroatoms. The summed E-state index contributed by atoms with van der Waals surface area (Å²) in [4.78, 5) is 9.06. The predicted octanol–water partition coefficient (Wildman–Crippen LogP) is 3.21. The third-order valence-corrected chi connectivity index (χ3v) is 5.35. The van der Waals surface area contributed by atoms with Gasteiger partial charge in [-0.25, -0.2) is 18.4 Å². The van der Waals surface area contributed by atoms with Gasteiger partial charge in [-0.05, 0) is 61.2 Å². The van der Waals surface area contributed by atoms with Crippen LogP contribution in [0, 0.1) is 18.8 Å². The van der Waals surface area contributed by atoms with Gasteiger partial charge in [-0.2, -0.15) is 5.10 Å². The van der Waals surface area contributed by atoms with Gasteiger partial charge in [0.2, 0.25) is 0 Å². The van der Waals surface area contributed by atoms with Gasteiger partial charge in [-0.1, -0.05) is 0 Å². The van der Waals surface area contributed by atoms with Crippen molar-refractivity contribution in [3.05, 3.63) is 71.9 Å². The van der Waals surface area contributed by atoms with E-state index < -0.39 is 9.84 Å². The fraction of sp³-hybridized carbons (Fsp3) is 0.0952. The van der Waals surface area contributed by atoms with Gasteiger partial charge < -0.3 is 5.32 Å². The van der Waals surface area contributed by atoms with Crippen LogP contribution in [0.3, 0.4) is 0 Å². The number of pyridine rings is 2. The van der Waals surface area contributed by atoms with Crippen molar-refractivity contribution in [3.63, 3.8) is 0 Å². The SMILES string of the molecule is Cc1cc(C#Cc2nccc3cnc(Nc4ccc(S(C)(=O)=O)cc4)cc23)n[nH]1. The van der Waals surface area contributed by atoms with E-state index in [-0.39, 0.29) is 4.90 Å². The number of sulfone groups is 1. The molecule has 0 saturated carbocycles. The molecular weight excluding hydrogens is 386 g/mol. The average molecular weight is 403 g/mol. The lowest BCUT2D eigenvalue weighted by Crippen LogP contribution is -1.98. The van der Waals surface area contributed by atoms with Crippen molar-refractivity contribution < 1.29 is 8.42 Å². The minimum atomic E-state index is -3.23. The molecule has 0 aliphatic rings. The van der Waals surface area contributed by atoms with Gasteiger partial charge in [0.1, 0.15) is 17.2 Å².